The third-order valence-electron chi connectivity index (χ3n) is 2.68. The van der Waals surface area contributed by atoms with E-state index in [2.05, 4.69) is 10.1 Å². The van der Waals surface area contributed by atoms with E-state index in [1.54, 1.807) is 24.5 Å². The van der Waals surface area contributed by atoms with Gasteiger partial charge in [0.2, 0.25) is 0 Å². The lowest BCUT2D eigenvalue weighted by molar-refractivity contribution is 0.0955. The molecule has 2 heterocycles. The Kier molecular flexibility index (Phi) is 3.24. The summed E-state index contributed by atoms with van der Waals surface area (Å²) in [5, 5.41) is 4.15. The van der Waals surface area contributed by atoms with Crippen LogP contribution in [-0.4, -0.2) is 20.7 Å². The molecule has 0 fully saturated rings. The molecule has 3 rings (SSSR count). The zero-order valence-electron chi connectivity index (χ0n) is 10.5. The highest BCUT2D eigenvalue weighted by Crippen LogP contribution is 2.12. The molecule has 0 saturated heterocycles. The monoisotopic (exact) mass is 265 g/mol. The van der Waals surface area contributed by atoms with Crippen LogP contribution in [0.15, 0.2) is 65.5 Å². The predicted molar refractivity (Wildman–Crippen MR) is 73.8 cm³/mol. The van der Waals surface area contributed by atoms with Gasteiger partial charge in [-0.25, -0.2) is 4.98 Å². The number of carbonyl (C=O) groups excluding carboxylic acids is 1. The Morgan fingerprint density at radius 3 is 2.75 bits per heavy atom. The molecule has 0 aliphatic heterocycles. The first-order valence-corrected chi connectivity index (χ1v) is 6.06. The Hall–Kier alpha value is -2.95. The van der Waals surface area contributed by atoms with Gasteiger partial charge in [-0.3, -0.25) is 4.79 Å². The Morgan fingerprint density at radius 2 is 2.00 bits per heavy atom. The molecule has 0 spiro atoms. The number of nitrogens with zero attached hydrogens (tertiary/aromatic N) is 3. The number of hydrogen-bond donors (Lipinski definition) is 0. The maximum absolute atomic E-state index is 11.9. The Morgan fingerprint density at radius 1 is 1.15 bits per heavy atom. The molecule has 0 N–H and O–H groups in total. The first-order chi connectivity index (χ1) is 9.83. The fraction of sp³-hybridized carbons (Fsp3) is 0. The minimum absolute atomic E-state index is 0.281. The van der Waals surface area contributed by atoms with Crippen molar-refractivity contribution in [3.63, 3.8) is 0 Å². The molecule has 0 bridgehead atoms. The SMILES string of the molecule is O=C(/C=C/c1ccco1)n1cnc(-c2ccccc2)n1. The highest BCUT2D eigenvalue weighted by molar-refractivity contribution is 5.92. The normalized spacial score (nSPS) is 11.0. The van der Waals surface area contributed by atoms with Crippen molar-refractivity contribution in [3.8, 4) is 11.4 Å². The van der Waals surface area contributed by atoms with Gasteiger partial charge in [0, 0.05) is 11.6 Å². The van der Waals surface area contributed by atoms with Crippen molar-refractivity contribution in [2.75, 3.05) is 0 Å². The maximum Gasteiger partial charge on any atom is 0.272 e. The maximum atomic E-state index is 11.9. The van der Waals surface area contributed by atoms with Crippen LogP contribution in [-0.2, 0) is 0 Å². The van der Waals surface area contributed by atoms with Crippen molar-refractivity contribution in [2.24, 2.45) is 0 Å². The standard InChI is InChI=1S/C15H11N3O2/c19-14(9-8-13-7-4-10-20-13)18-11-16-15(17-18)12-5-2-1-3-6-12/h1-11H/b9-8+. The second-order valence-electron chi connectivity index (χ2n) is 4.07. The predicted octanol–water partition coefficient (Wildman–Crippen LogP) is 2.89. The van der Waals surface area contributed by atoms with Crippen LogP contribution >= 0.6 is 0 Å². The average Bonchev–Trinajstić information content (AvgIpc) is 3.17. The average molecular weight is 265 g/mol. The number of carbonyl (C=O) groups is 1. The van der Waals surface area contributed by atoms with Crippen LogP contribution in [0.2, 0.25) is 0 Å². The van der Waals surface area contributed by atoms with Crippen LogP contribution in [0, 0.1) is 0 Å². The van der Waals surface area contributed by atoms with Gasteiger partial charge in [0.1, 0.15) is 12.1 Å². The molecule has 98 valence electrons. The van der Waals surface area contributed by atoms with Gasteiger partial charge in [-0.15, -0.1) is 5.10 Å². The van der Waals surface area contributed by atoms with Gasteiger partial charge in [-0.05, 0) is 18.2 Å². The quantitative estimate of drug-likeness (QED) is 0.683. The van der Waals surface area contributed by atoms with Gasteiger partial charge in [-0.2, -0.15) is 4.68 Å². The minimum Gasteiger partial charge on any atom is -0.465 e. The molecular weight excluding hydrogens is 254 g/mol. The molecule has 3 aromatic rings. The van der Waals surface area contributed by atoms with Crippen LogP contribution < -0.4 is 0 Å². The number of aromatic nitrogens is 3. The molecule has 5 nitrogen and oxygen atoms in total. The van der Waals surface area contributed by atoms with Crippen molar-refractivity contribution >= 4 is 12.0 Å². The minimum atomic E-state index is -0.281. The summed E-state index contributed by atoms with van der Waals surface area (Å²) >= 11 is 0. The summed E-state index contributed by atoms with van der Waals surface area (Å²) in [5.41, 5.74) is 0.870. The Bertz CT molecular complexity index is 728. The van der Waals surface area contributed by atoms with Gasteiger partial charge >= 0.3 is 0 Å². The second-order valence-corrected chi connectivity index (χ2v) is 4.07. The van der Waals surface area contributed by atoms with E-state index in [0.29, 0.717) is 11.6 Å². The fourth-order valence-electron chi connectivity index (χ4n) is 1.70. The van der Waals surface area contributed by atoms with Crippen molar-refractivity contribution in [2.45, 2.75) is 0 Å². The van der Waals surface area contributed by atoms with Crippen LogP contribution in [0.1, 0.15) is 10.6 Å². The van der Waals surface area contributed by atoms with Gasteiger partial charge < -0.3 is 4.42 Å². The second kappa shape index (κ2) is 5.36. The molecule has 5 heteroatoms. The van der Waals surface area contributed by atoms with Gasteiger partial charge in [0.25, 0.3) is 5.91 Å². The molecule has 1 aromatic carbocycles. The summed E-state index contributed by atoms with van der Waals surface area (Å²) in [6.45, 7) is 0. The van der Waals surface area contributed by atoms with E-state index in [1.165, 1.54) is 17.1 Å². The van der Waals surface area contributed by atoms with Gasteiger partial charge in [0.05, 0.1) is 6.26 Å². The van der Waals surface area contributed by atoms with Gasteiger partial charge in [-0.1, -0.05) is 30.3 Å². The molecule has 0 aliphatic carbocycles. The van der Waals surface area contributed by atoms with E-state index in [-0.39, 0.29) is 5.91 Å². The molecule has 0 unspecified atom stereocenters. The first-order valence-electron chi connectivity index (χ1n) is 6.06. The first kappa shape index (κ1) is 12.1. The zero-order valence-corrected chi connectivity index (χ0v) is 10.5. The summed E-state index contributed by atoms with van der Waals surface area (Å²) in [6.07, 6.45) is 5.93. The van der Waals surface area contributed by atoms with E-state index in [1.807, 2.05) is 30.3 Å². The lowest BCUT2D eigenvalue weighted by atomic mass is 10.2. The topological polar surface area (TPSA) is 60.9 Å². The summed E-state index contributed by atoms with van der Waals surface area (Å²) in [6, 6.07) is 13.0. The molecule has 0 radical (unpaired) electrons. The fourth-order valence-corrected chi connectivity index (χ4v) is 1.70. The smallest absolute Gasteiger partial charge is 0.272 e. The number of rotatable bonds is 3. The summed E-state index contributed by atoms with van der Waals surface area (Å²) in [7, 11) is 0. The molecule has 20 heavy (non-hydrogen) atoms. The van der Waals surface area contributed by atoms with E-state index in [9.17, 15) is 4.79 Å². The highest BCUT2D eigenvalue weighted by atomic mass is 16.3. The molecule has 0 atom stereocenters. The largest absolute Gasteiger partial charge is 0.465 e. The molecule has 0 saturated carbocycles. The van der Waals surface area contributed by atoms with Crippen LogP contribution in [0.25, 0.3) is 17.5 Å². The van der Waals surface area contributed by atoms with Crippen molar-refractivity contribution < 1.29 is 9.21 Å². The number of benzene rings is 1. The third kappa shape index (κ3) is 2.56. The molecule has 0 amide bonds. The van der Waals surface area contributed by atoms with Crippen LogP contribution in [0.5, 0.6) is 0 Å². The van der Waals surface area contributed by atoms with Crippen molar-refractivity contribution in [1.82, 2.24) is 14.8 Å². The Labute approximate surface area is 115 Å². The molecule has 0 aliphatic rings. The van der Waals surface area contributed by atoms with E-state index < -0.39 is 0 Å². The van der Waals surface area contributed by atoms with Crippen molar-refractivity contribution in [1.29, 1.82) is 0 Å². The van der Waals surface area contributed by atoms with E-state index >= 15 is 0 Å². The lowest BCUT2D eigenvalue weighted by Crippen LogP contribution is -2.07. The lowest BCUT2D eigenvalue weighted by Gasteiger charge is -1.93. The summed E-state index contributed by atoms with van der Waals surface area (Å²) < 4.78 is 6.31. The number of allylic oxidation sites excluding steroid dienone is 1. The number of hydrogen-bond acceptors (Lipinski definition) is 4. The summed E-state index contributed by atoms with van der Waals surface area (Å²) in [4.78, 5) is 16.0. The van der Waals surface area contributed by atoms with Gasteiger partial charge in [0.15, 0.2) is 5.82 Å². The van der Waals surface area contributed by atoms with Crippen LogP contribution in [0.4, 0.5) is 0 Å². The van der Waals surface area contributed by atoms with E-state index in [0.717, 1.165) is 5.56 Å². The molecule has 2 aromatic heterocycles. The molecular formula is C15H11N3O2. The number of furan rings is 1. The van der Waals surface area contributed by atoms with Crippen LogP contribution in [0.3, 0.4) is 0 Å². The third-order valence-corrected chi connectivity index (χ3v) is 2.68. The van der Waals surface area contributed by atoms with E-state index in [4.69, 9.17) is 4.42 Å². The highest BCUT2D eigenvalue weighted by Gasteiger charge is 2.07. The summed E-state index contributed by atoms with van der Waals surface area (Å²) in [5.74, 6) is 0.850. The Balaban J connectivity index is 1.78. The van der Waals surface area contributed by atoms with Crippen molar-refractivity contribution in [3.05, 3.63) is 66.9 Å². The zero-order chi connectivity index (χ0) is 13.8.